The van der Waals surface area contributed by atoms with Crippen LogP contribution in [0.2, 0.25) is 0 Å². The van der Waals surface area contributed by atoms with Crippen molar-refractivity contribution in [2.45, 2.75) is 0 Å². The third kappa shape index (κ3) is 4.69. The van der Waals surface area contributed by atoms with Crippen LogP contribution in [0.1, 0.15) is 0 Å². The van der Waals surface area contributed by atoms with Gasteiger partial charge in [0.15, 0.2) is 5.82 Å². The average Bonchev–Trinajstić information content (AvgIpc) is 2.90. The molecule has 1 aromatic heterocycles. The van der Waals surface area contributed by atoms with E-state index in [4.69, 9.17) is 19.6 Å². The van der Waals surface area contributed by atoms with Crippen LogP contribution >= 0.6 is 0 Å². The highest BCUT2D eigenvalue weighted by Crippen LogP contribution is 2.31. The lowest BCUT2D eigenvalue weighted by Crippen LogP contribution is -1.99. The van der Waals surface area contributed by atoms with Gasteiger partial charge in [0.2, 0.25) is 0 Å². The Bertz CT molecular complexity index is 1320. The van der Waals surface area contributed by atoms with Crippen LogP contribution in [0.5, 0.6) is 5.75 Å². The van der Waals surface area contributed by atoms with Crippen LogP contribution in [0.3, 0.4) is 0 Å². The van der Waals surface area contributed by atoms with Gasteiger partial charge in [-0.25, -0.2) is 9.97 Å². The lowest BCUT2D eigenvalue weighted by atomic mass is 10.0. The van der Waals surface area contributed by atoms with Crippen molar-refractivity contribution >= 4 is 7.69 Å². The van der Waals surface area contributed by atoms with Crippen molar-refractivity contribution in [2.24, 2.45) is 0 Å². The number of aromatic nitrogens is 2. The largest absolute Gasteiger partial charge is 0.539 e. The quantitative estimate of drug-likeness (QED) is 0.348. The Labute approximate surface area is 193 Å². The van der Waals surface area contributed by atoms with Gasteiger partial charge in [-0.2, -0.15) is 0 Å². The topological polar surface area (TPSA) is 55.2 Å². The number of hydrogen-bond donors (Lipinski definition) is 1. The summed E-state index contributed by atoms with van der Waals surface area (Å²) >= 11 is 0. The van der Waals surface area contributed by atoms with Gasteiger partial charge >= 0.3 is 7.69 Å². The predicted molar refractivity (Wildman–Crippen MR) is 134 cm³/mol. The van der Waals surface area contributed by atoms with E-state index in [1.807, 2.05) is 84.9 Å². The maximum atomic E-state index is 9.08. The van der Waals surface area contributed by atoms with Crippen LogP contribution in [-0.2, 0) is 0 Å². The second-order valence-electron chi connectivity index (χ2n) is 7.58. The first-order chi connectivity index (χ1) is 16.3. The second kappa shape index (κ2) is 9.51. The molecule has 1 heterocycles. The molecular weight excluding hydrogens is 407 g/mol. The molecule has 0 bridgehead atoms. The summed E-state index contributed by atoms with van der Waals surface area (Å²) in [6.07, 6.45) is 0. The first-order valence-corrected chi connectivity index (χ1v) is 10.7. The molecule has 5 heteroatoms. The Balaban J connectivity index is 1.62. The Morgan fingerprint density at radius 2 is 1.06 bits per heavy atom. The summed E-state index contributed by atoms with van der Waals surface area (Å²) in [6, 6.07) is 38.1. The van der Waals surface area contributed by atoms with Gasteiger partial charge in [0.1, 0.15) is 5.75 Å². The molecule has 5 aromatic rings. The molecule has 4 nitrogen and oxygen atoms in total. The van der Waals surface area contributed by atoms with Crippen LogP contribution in [-0.4, -0.2) is 22.7 Å². The van der Waals surface area contributed by atoms with Crippen molar-refractivity contribution in [3.05, 3.63) is 115 Å². The Morgan fingerprint density at radius 3 is 1.76 bits per heavy atom. The zero-order valence-electron chi connectivity index (χ0n) is 17.9. The lowest BCUT2D eigenvalue weighted by molar-refractivity contribution is 0.454. The van der Waals surface area contributed by atoms with E-state index in [-0.39, 0.29) is 7.69 Å². The standard InChI is InChI=1S/C28H21BN2O2/c32-29-33-25-16-8-14-23(18-25)22-13-7-15-24(17-22)27-19-26(20-9-3-1-4-10-20)30-28(31-27)21-11-5-2-6-12-21/h1-19,29,32H. The van der Waals surface area contributed by atoms with Crippen molar-refractivity contribution in [2.75, 3.05) is 0 Å². The summed E-state index contributed by atoms with van der Waals surface area (Å²) in [4.78, 5) is 9.77. The van der Waals surface area contributed by atoms with E-state index in [1.165, 1.54) is 0 Å². The highest BCUT2D eigenvalue weighted by atomic mass is 16.5. The third-order valence-corrected chi connectivity index (χ3v) is 5.38. The van der Waals surface area contributed by atoms with Gasteiger partial charge in [0, 0.05) is 16.7 Å². The minimum absolute atomic E-state index is 0.352. The van der Waals surface area contributed by atoms with Crippen LogP contribution in [0, 0.1) is 0 Å². The summed E-state index contributed by atoms with van der Waals surface area (Å²) in [5, 5.41) is 9.08. The van der Waals surface area contributed by atoms with E-state index < -0.39 is 0 Å². The van der Waals surface area contributed by atoms with Crippen LogP contribution in [0.15, 0.2) is 115 Å². The van der Waals surface area contributed by atoms with Crippen molar-refractivity contribution in [1.29, 1.82) is 0 Å². The van der Waals surface area contributed by atoms with E-state index in [0.29, 0.717) is 11.6 Å². The summed E-state index contributed by atoms with van der Waals surface area (Å²) in [6.45, 7) is 0. The van der Waals surface area contributed by atoms with Crippen molar-refractivity contribution < 1.29 is 9.68 Å². The van der Waals surface area contributed by atoms with Gasteiger partial charge in [0.05, 0.1) is 11.4 Å². The zero-order chi connectivity index (χ0) is 22.5. The fraction of sp³-hybridized carbons (Fsp3) is 0. The van der Waals surface area contributed by atoms with Crippen molar-refractivity contribution in [3.63, 3.8) is 0 Å². The predicted octanol–water partition coefficient (Wildman–Crippen LogP) is 5.78. The van der Waals surface area contributed by atoms with Gasteiger partial charge in [0.25, 0.3) is 0 Å². The van der Waals surface area contributed by atoms with Gasteiger partial charge in [-0.1, -0.05) is 91.0 Å². The molecule has 0 saturated heterocycles. The normalized spacial score (nSPS) is 10.6. The van der Waals surface area contributed by atoms with Crippen LogP contribution in [0.4, 0.5) is 0 Å². The maximum absolute atomic E-state index is 9.08. The molecule has 5 rings (SSSR count). The number of benzene rings is 4. The van der Waals surface area contributed by atoms with Crippen molar-refractivity contribution in [3.8, 4) is 50.8 Å². The molecule has 0 fully saturated rings. The van der Waals surface area contributed by atoms with E-state index >= 15 is 0 Å². The molecular formula is C28H21BN2O2. The number of nitrogens with zero attached hydrogens (tertiary/aromatic N) is 2. The average molecular weight is 428 g/mol. The van der Waals surface area contributed by atoms with Gasteiger partial charge in [-0.3, -0.25) is 0 Å². The second-order valence-corrected chi connectivity index (χ2v) is 7.58. The molecule has 1 N–H and O–H groups in total. The Morgan fingerprint density at radius 1 is 0.515 bits per heavy atom. The van der Waals surface area contributed by atoms with Gasteiger partial charge in [-0.15, -0.1) is 0 Å². The molecule has 0 aliphatic carbocycles. The molecule has 4 aromatic carbocycles. The zero-order valence-corrected chi connectivity index (χ0v) is 17.9. The first kappa shape index (κ1) is 20.7. The molecule has 0 unspecified atom stereocenters. The fourth-order valence-corrected chi connectivity index (χ4v) is 3.77. The van der Waals surface area contributed by atoms with E-state index in [0.717, 1.165) is 39.2 Å². The summed E-state index contributed by atoms with van der Waals surface area (Å²) in [5.41, 5.74) is 6.79. The summed E-state index contributed by atoms with van der Waals surface area (Å²) < 4.78 is 5.25. The lowest BCUT2D eigenvalue weighted by Gasteiger charge is -2.11. The van der Waals surface area contributed by atoms with Crippen LogP contribution < -0.4 is 4.65 Å². The third-order valence-electron chi connectivity index (χ3n) is 5.38. The summed E-state index contributed by atoms with van der Waals surface area (Å²) in [5.74, 6) is 1.32. The minimum Gasteiger partial charge on any atom is -0.539 e. The Hall–Kier alpha value is -4.22. The van der Waals surface area contributed by atoms with Gasteiger partial charge < -0.3 is 9.68 Å². The molecule has 0 amide bonds. The SMILES string of the molecule is OBOc1cccc(-c2cccc(-c3cc(-c4ccccc4)nc(-c4ccccc4)n3)c2)c1. The molecule has 0 atom stereocenters. The Kier molecular flexibility index (Phi) is 5.96. The molecule has 0 spiro atoms. The smallest absolute Gasteiger partial charge is 0.504 e. The highest BCUT2D eigenvalue weighted by Gasteiger charge is 2.11. The minimum atomic E-state index is -0.352. The molecule has 0 aliphatic heterocycles. The van der Waals surface area contributed by atoms with E-state index in [2.05, 4.69) is 30.3 Å². The number of hydrogen-bond acceptors (Lipinski definition) is 4. The van der Waals surface area contributed by atoms with Crippen LogP contribution in [0.25, 0.3) is 45.0 Å². The number of rotatable bonds is 6. The monoisotopic (exact) mass is 428 g/mol. The van der Waals surface area contributed by atoms with Crippen molar-refractivity contribution in [1.82, 2.24) is 9.97 Å². The van der Waals surface area contributed by atoms with Gasteiger partial charge in [-0.05, 0) is 35.4 Å². The molecule has 0 aliphatic rings. The maximum Gasteiger partial charge on any atom is 0.504 e. The van der Waals surface area contributed by atoms with E-state index in [9.17, 15) is 0 Å². The summed E-state index contributed by atoms with van der Waals surface area (Å²) in [7, 11) is -0.352. The highest BCUT2D eigenvalue weighted by molar-refractivity contribution is 6.17. The molecule has 0 saturated carbocycles. The molecule has 0 radical (unpaired) electrons. The molecule has 158 valence electrons. The fourth-order valence-electron chi connectivity index (χ4n) is 3.77. The first-order valence-electron chi connectivity index (χ1n) is 10.7. The molecule has 33 heavy (non-hydrogen) atoms. The van der Waals surface area contributed by atoms with E-state index in [1.54, 1.807) is 0 Å².